The van der Waals surface area contributed by atoms with Crippen molar-refractivity contribution in [3.8, 4) is 5.75 Å². The smallest absolute Gasteiger partial charge is 0.546 e. The van der Waals surface area contributed by atoms with Crippen molar-refractivity contribution in [2.75, 3.05) is 6.61 Å². The Bertz CT molecular complexity index is 295. The summed E-state index contributed by atoms with van der Waals surface area (Å²) in [6.45, 7) is -0.510. The maximum absolute atomic E-state index is 9.99. The quantitative estimate of drug-likeness (QED) is 0.476. The van der Waals surface area contributed by atoms with Crippen LogP contribution >= 0.6 is 11.6 Å². The van der Waals surface area contributed by atoms with Crippen molar-refractivity contribution in [2.45, 2.75) is 0 Å². The van der Waals surface area contributed by atoms with E-state index in [0.717, 1.165) is 0 Å². The van der Waals surface area contributed by atoms with Gasteiger partial charge in [-0.3, -0.25) is 4.98 Å². The van der Waals surface area contributed by atoms with E-state index < -0.39 is 12.6 Å². The summed E-state index contributed by atoms with van der Waals surface area (Å²) in [5.74, 6) is -1.00. The molecular formula is C7H5ClLiNO3. The number of aliphatic carboxylic acids is 1. The fourth-order valence-corrected chi connectivity index (χ4v) is 0.790. The first kappa shape index (κ1) is 12.3. The second-order valence-corrected chi connectivity index (χ2v) is 2.37. The van der Waals surface area contributed by atoms with Gasteiger partial charge < -0.3 is 14.6 Å². The van der Waals surface area contributed by atoms with Crippen molar-refractivity contribution in [3.63, 3.8) is 0 Å². The topological polar surface area (TPSA) is 62.2 Å². The van der Waals surface area contributed by atoms with Crippen LogP contribution in [0, 0.1) is 0 Å². The Labute approximate surface area is 92.1 Å². The molecule has 0 radical (unpaired) electrons. The van der Waals surface area contributed by atoms with Crippen LogP contribution in [0.5, 0.6) is 5.75 Å². The van der Waals surface area contributed by atoms with Crippen molar-refractivity contribution >= 4 is 17.6 Å². The molecule has 0 amide bonds. The molecular weight excluding hydrogens is 188 g/mol. The Morgan fingerprint density at radius 1 is 1.69 bits per heavy atom. The van der Waals surface area contributed by atoms with E-state index in [1.807, 2.05) is 0 Å². The summed E-state index contributed by atoms with van der Waals surface area (Å²) in [5.41, 5.74) is 0. The van der Waals surface area contributed by atoms with Gasteiger partial charge in [-0.05, 0) is 0 Å². The van der Waals surface area contributed by atoms with Gasteiger partial charge >= 0.3 is 18.9 Å². The van der Waals surface area contributed by atoms with Crippen LogP contribution in [-0.2, 0) is 4.79 Å². The Kier molecular flexibility index (Phi) is 5.56. The zero-order chi connectivity index (χ0) is 8.97. The molecule has 0 aromatic carbocycles. The first-order valence-electron chi connectivity index (χ1n) is 3.12. The number of carboxylic acids is 1. The summed E-state index contributed by atoms with van der Waals surface area (Å²) in [4.78, 5) is 13.7. The third-order valence-corrected chi connectivity index (χ3v) is 1.36. The van der Waals surface area contributed by atoms with Crippen LogP contribution in [0.25, 0.3) is 0 Å². The minimum absolute atomic E-state index is 0. The van der Waals surface area contributed by atoms with Crippen LogP contribution in [0.4, 0.5) is 0 Å². The number of ether oxygens (including phenoxy) is 1. The molecule has 64 valence electrons. The van der Waals surface area contributed by atoms with E-state index in [4.69, 9.17) is 16.3 Å². The Morgan fingerprint density at radius 2 is 2.38 bits per heavy atom. The number of hydrogen-bond donors (Lipinski definition) is 0. The molecule has 0 aliphatic rings. The predicted octanol–water partition coefficient (Wildman–Crippen LogP) is -3.13. The number of pyridine rings is 1. The molecule has 0 spiro atoms. The summed E-state index contributed by atoms with van der Waals surface area (Å²) < 4.78 is 4.76. The SMILES string of the molecule is O=C([O-])COc1ccncc1Cl.[Li+]. The van der Waals surface area contributed by atoms with Gasteiger partial charge in [0.1, 0.15) is 17.4 Å². The van der Waals surface area contributed by atoms with E-state index in [1.54, 1.807) is 0 Å². The molecule has 13 heavy (non-hydrogen) atoms. The summed E-state index contributed by atoms with van der Waals surface area (Å²) in [6, 6.07) is 1.48. The zero-order valence-corrected chi connectivity index (χ0v) is 7.75. The Balaban J connectivity index is 0.00000144. The van der Waals surface area contributed by atoms with Gasteiger partial charge in [0.25, 0.3) is 0 Å². The van der Waals surface area contributed by atoms with Crippen LogP contribution in [0.15, 0.2) is 18.5 Å². The first-order chi connectivity index (χ1) is 5.70. The van der Waals surface area contributed by atoms with Crippen molar-refractivity contribution < 1.29 is 33.5 Å². The van der Waals surface area contributed by atoms with Gasteiger partial charge in [-0.25, -0.2) is 0 Å². The van der Waals surface area contributed by atoms with E-state index in [2.05, 4.69) is 4.98 Å². The second kappa shape index (κ2) is 5.87. The van der Waals surface area contributed by atoms with Gasteiger partial charge in [-0.1, -0.05) is 11.6 Å². The van der Waals surface area contributed by atoms with Crippen molar-refractivity contribution in [3.05, 3.63) is 23.5 Å². The normalized spacial score (nSPS) is 8.69. The van der Waals surface area contributed by atoms with Gasteiger partial charge in [0, 0.05) is 18.5 Å². The number of carbonyl (C=O) groups is 1. The molecule has 6 heteroatoms. The van der Waals surface area contributed by atoms with Gasteiger partial charge in [0.2, 0.25) is 0 Å². The third kappa shape index (κ3) is 4.18. The Hall–Kier alpha value is -0.693. The molecule has 0 unspecified atom stereocenters. The molecule has 0 saturated carbocycles. The summed E-state index contributed by atoms with van der Waals surface area (Å²) in [6.07, 6.45) is 2.82. The van der Waals surface area contributed by atoms with Crippen LogP contribution in [0.3, 0.4) is 0 Å². The fraction of sp³-hybridized carbons (Fsp3) is 0.143. The minimum Gasteiger partial charge on any atom is -0.546 e. The largest absolute Gasteiger partial charge is 1.00 e. The molecule has 0 atom stereocenters. The third-order valence-electron chi connectivity index (χ3n) is 1.08. The molecule has 1 aromatic heterocycles. The molecule has 0 aliphatic carbocycles. The maximum Gasteiger partial charge on any atom is 1.00 e. The fourth-order valence-electron chi connectivity index (χ4n) is 0.616. The average Bonchev–Trinajstić information content (AvgIpc) is 2.03. The monoisotopic (exact) mass is 193 g/mol. The number of carboxylic acid groups (broad SMARTS) is 1. The second-order valence-electron chi connectivity index (χ2n) is 1.97. The standard InChI is InChI=1S/C7H6ClNO3.Li/c8-5-3-9-2-1-6(5)12-4-7(10)11;/h1-3H,4H2,(H,10,11);/q;+1/p-1. The number of hydrogen-bond acceptors (Lipinski definition) is 4. The molecule has 1 heterocycles. The van der Waals surface area contributed by atoms with Crippen LogP contribution in [0.2, 0.25) is 5.02 Å². The number of rotatable bonds is 3. The molecule has 0 N–H and O–H groups in total. The van der Waals surface area contributed by atoms with E-state index >= 15 is 0 Å². The van der Waals surface area contributed by atoms with Crippen molar-refractivity contribution in [1.29, 1.82) is 0 Å². The molecule has 0 aliphatic heterocycles. The van der Waals surface area contributed by atoms with Crippen LogP contribution in [-0.4, -0.2) is 17.6 Å². The van der Waals surface area contributed by atoms with Crippen molar-refractivity contribution in [1.82, 2.24) is 4.98 Å². The van der Waals surface area contributed by atoms with Crippen LogP contribution in [0.1, 0.15) is 0 Å². The first-order valence-corrected chi connectivity index (χ1v) is 3.50. The minimum atomic E-state index is -1.29. The summed E-state index contributed by atoms with van der Waals surface area (Å²) in [5, 5.41) is 10.3. The molecule has 1 rings (SSSR count). The molecule has 0 bridgehead atoms. The number of halogens is 1. The average molecular weight is 194 g/mol. The van der Waals surface area contributed by atoms with Crippen molar-refractivity contribution in [2.24, 2.45) is 0 Å². The van der Waals surface area contributed by atoms with Crippen LogP contribution < -0.4 is 28.7 Å². The van der Waals surface area contributed by atoms with Gasteiger partial charge in [0.15, 0.2) is 0 Å². The number of aromatic nitrogens is 1. The maximum atomic E-state index is 9.99. The molecule has 0 saturated heterocycles. The molecule has 4 nitrogen and oxygen atoms in total. The van der Waals surface area contributed by atoms with Gasteiger partial charge in [-0.15, -0.1) is 0 Å². The Morgan fingerprint density at radius 3 is 2.92 bits per heavy atom. The van der Waals surface area contributed by atoms with E-state index in [-0.39, 0.29) is 29.6 Å². The number of carbonyl (C=O) groups excluding carboxylic acids is 1. The summed E-state index contributed by atoms with van der Waals surface area (Å²) >= 11 is 5.61. The zero-order valence-electron chi connectivity index (χ0n) is 6.99. The summed E-state index contributed by atoms with van der Waals surface area (Å²) in [7, 11) is 0. The molecule has 1 aromatic rings. The van der Waals surface area contributed by atoms with E-state index in [1.165, 1.54) is 18.5 Å². The number of nitrogens with zero attached hydrogens (tertiary/aromatic N) is 1. The van der Waals surface area contributed by atoms with Gasteiger partial charge in [-0.2, -0.15) is 0 Å². The predicted molar refractivity (Wildman–Crippen MR) is 39.7 cm³/mol. The van der Waals surface area contributed by atoms with E-state index in [0.29, 0.717) is 0 Å². The van der Waals surface area contributed by atoms with E-state index in [9.17, 15) is 9.90 Å². The van der Waals surface area contributed by atoms with Gasteiger partial charge in [0.05, 0.1) is 5.97 Å². The molecule has 0 fully saturated rings.